The number of urea groups is 1. The van der Waals surface area contributed by atoms with Crippen molar-refractivity contribution in [3.8, 4) is 11.5 Å². The van der Waals surface area contributed by atoms with Crippen LogP contribution in [0.1, 0.15) is 87.4 Å². The Balaban J connectivity index is 0.689. The lowest BCUT2D eigenvalue weighted by Gasteiger charge is -2.24. The lowest BCUT2D eigenvalue weighted by Crippen LogP contribution is -2.45. The van der Waals surface area contributed by atoms with Gasteiger partial charge in [0.1, 0.15) is 18.1 Å². The maximum Gasteiger partial charge on any atom is 0.524 e. The molecule has 0 saturated heterocycles. The fourth-order valence-corrected chi connectivity index (χ4v) is 14.5. The van der Waals surface area contributed by atoms with Gasteiger partial charge in [-0.25, -0.2) is 18.9 Å². The van der Waals surface area contributed by atoms with Gasteiger partial charge in [-0.2, -0.15) is 0 Å². The number of phosphoric ester groups is 1. The Bertz CT molecular complexity index is 4360. The van der Waals surface area contributed by atoms with E-state index in [1.54, 1.807) is 97.6 Å². The van der Waals surface area contributed by atoms with E-state index in [9.17, 15) is 62.3 Å². The van der Waals surface area contributed by atoms with Gasteiger partial charge in [0, 0.05) is 130 Å². The second kappa shape index (κ2) is 41.9. The van der Waals surface area contributed by atoms with E-state index < -0.39 is 61.6 Å². The van der Waals surface area contributed by atoms with Crippen molar-refractivity contribution in [2.24, 2.45) is 17.6 Å². The van der Waals surface area contributed by atoms with Crippen LogP contribution >= 0.6 is 42.4 Å². The molecule has 0 spiro atoms. The number of nitrogens with one attached hydrogen (secondary N) is 3. The van der Waals surface area contributed by atoms with Crippen molar-refractivity contribution in [2.75, 3.05) is 160 Å². The molecule has 0 fully saturated rings. The molecule has 10 amide bonds. The molecule has 5 aromatic carbocycles. The molecule has 6 aromatic rings. The van der Waals surface area contributed by atoms with E-state index >= 15 is 0 Å². The minimum Gasteiger partial charge on any atom is -0.445 e. The van der Waals surface area contributed by atoms with Gasteiger partial charge in [0.25, 0.3) is 23.6 Å². The van der Waals surface area contributed by atoms with Crippen LogP contribution in [0.15, 0.2) is 109 Å². The fourth-order valence-electron chi connectivity index (χ4n) is 12.7. The molecule has 4 atom stereocenters. The molecule has 31 nitrogen and oxygen atoms in total. The SMILES string of the molecule is CC(C)[C@H](NC(=O)CCOCCOCCOCCOCCOCCOCCN1C(=O)C=CC1=O)C(=O)C[C@@H](CCCNC(N)=O)C(=O)Nc1ccc(COC(=O)N(C)CCN(C)C(=O)Oc2cc3c(c4ccccc24)[C@H](CCl)CN3C(=O)c2ccc(C(=O)N3C[C@@H](CCl)c4c3cc(OP(=O)(O)O)c3ccccc43)s2)cc1. The fraction of sp³-hybridized carbons (Fsp3) is 0.447. The van der Waals surface area contributed by atoms with Crippen LogP contribution in [-0.2, 0) is 68.3 Å². The number of likely N-dealkylation sites (N-methyl/N-ethyl adjacent to an activating group) is 2. The highest BCUT2D eigenvalue weighted by Gasteiger charge is 2.40. The van der Waals surface area contributed by atoms with E-state index in [2.05, 4.69) is 16.0 Å². The normalized spacial score (nSPS) is 15.1. The summed E-state index contributed by atoms with van der Waals surface area (Å²) >= 11 is 14.1. The zero-order chi connectivity index (χ0) is 79.7. The summed E-state index contributed by atoms with van der Waals surface area (Å²) in [5.74, 6) is -4.39. The first-order valence-electron chi connectivity index (χ1n) is 36.1. The number of primary amides is 1. The van der Waals surface area contributed by atoms with Crippen molar-refractivity contribution >= 4 is 140 Å². The second-order valence-corrected chi connectivity index (χ2v) is 29.5. The Labute approximate surface area is 655 Å². The number of rotatable bonds is 44. The minimum atomic E-state index is -5.01. The number of imide groups is 1. The standard InChI is InChI=1S/C76H92Cl2N9O22PS/c1-48(2)70(82-65(89)23-28-101-30-32-103-34-36-105-38-39-106-37-35-104-33-31-102-29-27-85-66(90)21-22-67(85)91)60(88)40-50(10-9-24-80-74(79)95)71(92)81-53-17-15-49(16-18-53)47-107-75(96)83(3)25-26-84(4)76(97)108-61-41-58-68(56-13-7-5-11-54(56)61)51(43-77)45-86(58)72(93)63-19-20-64(111-63)73(94)87-46-52(44-78)69-57-14-8-6-12-55(57)62(42-59(69)87)109-110(98,99)100/h5-8,11-22,41-42,48,50-52,70H,9-10,23-40,43-47H2,1-4H3,(H,81,92)(H,82,89)(H3,79,80,95)(H2,98,99,100)/t50-,51-,52-,70+/m1/s1. The monoisotopic (exact) mass is 1620 g/mol. The summed E-state index contributed by atoms with van der Waals surface area (Å²) in [4.78, 5) is 158. The van der Waals surface area contributed by atoms with Gasteiger partial charge in [0.2, 0.25) is 11.8 Å². The molecule has 0 aliphatic carbocycles. The van der Waals surface area contributed by atoms with Crippen LogP contribution in [0.2, 0.25) is 0 Å². The summed E-state index contributed by atoms with van der Waals surface area (Å²) in [6, 6.07) is 25.2. The van der Waals surface area contributed by atoms with Crippen molar-refractivity contribution in [3.05, 3.63) is 136 Å². The van der Waals surface area contributed by atoms with Crippen molar-refractivity contribution in [3.63, 3.8) is 0 Å². The number of fused-ring (bicyclic) bond motifs is 6. The van der Waals surface area contributed by atoms with E-state index in [-0.39, 0.29) is 160 Å². The molecule has 3 aliphatic rings. The van der Waals surface area contributed by atoms with Crippen LogP contribution in [0.25, 0.3) is 21.5 Å². The van der Waals surface area contributed by atoms with Crippen molar-refractivity contribution < 1.29 is 105 Å². The zero-order valence-corrected chi connectivity index (χ0v) is 65.2. The summed E-state index contributed by atoms with van der Waals surface area (Å²) in [5.41, 5.74) is 8.54. The number of carbonyl (C=O) groups excluding carboxylic acids is 10. The molecule has 3 aliphatic heterocycles. The van der Waals surface area contributed by atoms with Crippen molar-refractivity contribution in [2.45, 2.75) is 64.0 Å². The third kappa shape index (κ3) is 24.2. The van der Waals surface area contributed by atoms with Crippen LogP contribution in [-0.4, -0.2) is 234 Å². The number of ether oxygens (including phenoxy) is 8. The maximum atomic E-state index is 14.7. The molecule has 1 aromatic heterocycles. The van der Waals surface area contributed by atoms with Crippen LogP contribution in [0.5, 0.6) is 11.5 Å². The number of alkyl halides is 2. The Kier molecular flexibility index (Phi) is 32.4. The molecule has 111 heavy (non-hydrogen) atoms. The van der Waals surface area contributed by atoms with E-state index in [0.717, 1.165) is 27.4 Å². The lowest BCUT2D eigenvalue weighted by atomic mass is 9.89. The molecule has 7 N–H and O–H groups in total. The van der Waals surface area contributed by atoms with Gasteiger partial charge >= 0.3 is 26.0 Å². The number of nitrogens with two attached hydrogens (primary N) is 1. The van der Waals surface area contributed by atoms with Gasteiger partial charge in [-0.3, -0.25) is 48.2 Å². The van der Waals surface area contributed by atoms with Crippen LogP contribution in [0.4, 0.5) is 31.4 Å². The van der Waals surface area contributed by atoms with Crippen molar-refractivity contribution in [1.82, 2.24) is 25.3 Å². The lowest BCUT2D eigenvalue weighted by molar-refractivity contribution is -0.137. The van der Waals surface area contributed by atoms with Crippen LogP contribution < -0.4 is 40.7 Å². The number of ketones is 1. The molecule has 0 unspecified atom stereocenters. The number of carbonyl (C=O) groups is 10. The number of phosphoric acid groups is 1. The van der Waals surface area contributed by atoms with Gasteiger partial charge in [0.15, 0.2) is 5.78 Å². The zero-order valence-electron chi connectivity index (χ0n) is 61.9. The number of benzene rings is 5. The summed E-state index contributed by atoms with van der Waals surface area (Å²) in [7, 11) is -2.01. The first-order chi connectivity index (χ1) is 53.3. The average Bonchev–Trinajstić information content (AvgIpc) is 1.61. The quantitative estimate of drug-likeness (QED) is 0.00900. The number of halogens is 2. The molecular formula is C76H92Cl2N9O22PS. The number of nitrogens with zero attached hydrogens (tertiary/aromatic N) is 5. The maximum absolute atomic E-state index is 14.7. The first kappa shape index (κ1) is 85.8. The van der Waals surface area contributed by atoms with Gasteiger partial charge in [-0.1, -0.05) is 74.5 Å². The second-order valence-electron chi connectivity index (χ2n) is 26.6. The van der Waals surface area contributed by atoms with Gasteiger partial charge in [-0.05, 0) is 70.5 Å². The molecule has 598 valence electrons. The predicted molar refractivity (Wildman–Crippen MR) is 414 cm³/mol. The Morgan fingerprint density at radius 2 is 1.12 bits per heavy atom. The van der Waals surface area contributed by atoms with E-state index in [4.69, 9.17) is 71.4 Å². The Hall–Kier alpha value is -9.15. The largest absolute Gasteiger partial charge is 0.524 e. The summed E-state index contributed by atoms with van der Waals surface area (Å²) in [6.07, 6.45) is 1.23. The van der Waals surface area contributed by atoms with Crippen LogP contribution in [0, 0.1) is 11.8 Å². The smallest absolute Gasteiger partial charge is 0.445 e. The van der Waals surface area contributed by atoms with E-state index in [1.165, 1.54) is 47.0 Å². The minimum absolute atomic E-state index is 0.0132. The first-order valence-corrected chi connectivity index (χ1v) is 39.5. The topological polar surface area (TPSA) is 390 Å². The summed E-state index contributed by atoms with van der Waals surface area (Å²) in [6.45, 7) is 7.61. The number of Topliss-reactive ketones (excluding diaryl/α,β-unsaturated/α-hetero) is 1. The third-order valence-corrected chi connectivity index (χ3v) is 20.7. The molecule has 0 radical (unpaired) electrons. The highest BCUT2D eigenvalue weighted by Crippen LogP contribution is 2.50. The van der Waals surface area contributed by atoms with Crippen LogP contribution in [0.3, 0.4) is 0 Å². The molecule has 9 rings (SSSR count). The highest BCUT2D eigenvalue weighted by molar-refractivity contribution is 7.46. The average molecular weight is 1620 g/mol. The van der Waals surface area contributed by atoms with Gasteiger partial charge < -0.3 is 83.7 Å². The number of hydrogen-bond acceptors (Lipinski definition) is 21. The molecular weight excluding hydrogens is 1520 g/mol. The molecule has 35 heteroatoms. The highest BCUT2D eigenvalue weighted by atomic mass is 35.5. The summed E-state index contributed by atoms with van der Waals surface area (Å²) < 4.78 is 61.8. The van der Waals surface area contributed by atoms with E-state index in [0.29, 0.717) is 103 Å². The number of thiophene rings is 1. The summed E-state index contributed by atoms with van der Waals surface area (Å²) in [5, 5.41) is 10.5. The third-order valence-electron chi connectivity index (χ3n) is 18.4. The Morgan fingerprint density at radius 3 is 1.61 bits per heavy atom. The molecule has 4 heterocycles. The number of amides is 10. The van der Waals surface area contributed by atoms with Gasteiger partial charge in [-0.15, -0.1) is 34.5 Å². The molecule has 0 saturated carbocycles. The van der Waals surface area contributed by atoms with E-state index in [1.807, 2.05) is 12.1 Å². The predicted octanol–water partition coefficient (Wildman–Crippen LogP) is 8.71. The molecule has 0 bridgehead atoms. The number of hydrogen-bond donors (Lipinski definition) is 6. The van der Waals surface area contributed by atoms with Gasteiger partial charge in [0.05, 0.1) is 113 Å². The number of anilines is 3. The Morgan fingerprint density at radius 1 is 0.640 bits per heavy atom. The van der Waals surface area contributed by atoms with Crippen molar-refractivity contribution in [1.29, 1.82) is 0 Å².